The lowest BCUT2D eigenvalue weighted by Crippen LogP contribution is -2.15. The van der Waals surface area contributed by atoms with Gasteiger partial charge in [0.2, 0.25) is 5.88 Å². The Balaban J connectivity index is 1.64. The third-order valence-electron chi connectivity index (χ3n) is 3.80. The maximum atomic E-state index is 5.76. The van der Waals surface area contributed by atoms with Gasteiger partial charge in [0, 0.05) is 35.4 Å². The maximum Gasteiger partial charge on any atom is 0.213 e. The first-order valence-corrected chi connectivity index (χ1v) is 9.51. The lowest BCUT2D eigenvalue weighted by Gasteiger charge is -2.10. The SMILES string of the molecule is Cc1cccc(Nc2nc(-c3ccnc(OCCCN(C)C)c3)cs2)c1. The van der Waals surface area contributed by atoms with Gasteiger partial charge in [-0.2, -0.15) is 0 Å². The van der Waals surface area contributed by atoms with Crippen molar-refractivity contribution in [3.63, 3.8) is 0 Å². The number of nitrogens with zero attached hydrogens (tertiary/aromatic N) is 3. The van der Waals surface area contributed by atoms with Gasteiger partial charge in [0.05, 0.1) is 12.3 Å². The molecule has 0 bridgehead atoms. The zero-order chi connectivity index (χ0) is 18.4. The van der Waals surface area contributed by atoms with Crippen LogP contribution >= 0.6 is 11.3 Å². The van der Waals surface area contributed by atoms with Crippen molar-refractivity contribution in [1.82, 2.24) is 14.9 Å². The molecule has 3 aromatic rings. The average molecular weight is 369 g/mol. The van der Waals surface area contributed by atoms with Crippen LogP contribution in [0.5, 0.6) is 5.88 Å². The Hall–Kier alpha value is -2.44. The van der Waals surface area contributed by atoms with Gasteiger partial charge < -0.3 is 15.0 Å². The van der Waals surface area contributed by atoms with E-state index in [1.54, 1.807) is 17.5 Å². The molecule has 0 amide bonds. The number of hydrogen-bond acceptors (Lipinski definition) is 6. The quantitative estimate of drug-likeness (QED) is 0.590. The molecule has 0 unspecified atom stereocenters. The number of anilines is 2. The second-order valence-corrected chi connectivity index (χ2v) is 7.28. The standard InChI is InChI=1S/C20H24N4OS/c1-15-6-4-7-17(12-15)22-20-23-18(14-26-20)16-8-9-21-19(13-16)25-11-5-10-24(2)3/h4,6-9,12-14H,5,10-11H2,1-3H3,(H,22,23). The van der Waals surface area contributed by atoms with Crippen LogP contribution in [-0.4, -0.2) is 42.1 Å². The number of pyridine rings is 1. The van der Waals surface area contributed by atoms with E-state index in [0.29, 0.717) is 12.5 Å². The number of thiazole rings is 1. The molecule has 0 radical (unpaired) electrons. The van der Waals surface area contributed by atoms with Crippen molar-refractivity contribution in [2.75, 3.05) is 32.6 Å². The van der Waals surface area contributed by atoms with Crippen LogP contribution in [-0.2, 0) is 0 Å². The summed E-state index contributed by atoms with van der Waals surface area (Å²) in [6.45, 7) is 3.74. The zero-order valence-electron chi connectivity index (χ0n) is 15.4. The van der Waals surface area contributed by atoms with Crippen molar-refractivity contribution in [3.05, 3.63) is 53.5 Å². The molecular weight excluding hydrogens is 344 g/mol. The normalized spacial score (nSPS) is 10.9. The van der Waals surface area contributed by atoms with Crippen molar-refractivity contribution in [2.45, 2.75) is 13.3 Å². The number of aromatic nitrogens is 2. The zero-order valence-corrected chi connectivity index (χ0v) is 16.2. The molecule has 0 aliphatic rings. The number of ether oxygens (including phenoxy) is 1. The molecule has 0 spiro atoms. The lowest BCUT2D eigenvalue weighted by atomic mass is 10.2. The van der Waals surface area contributed by atoms with Crippen LogP contribution < -0.4 is 10.1 Å². The first kappa shape index (κ1) is 18.4. The lowest BCUT2D eigenvalue weighted by molar-refractivity contribution is 0.273. The molecule has 26 heavy (non-hydrogen) atoms. The Morgan fingerprint density at radius 3 is 2.88 bits per heavy atom. The van der Waals surface area contributed by atoms with Crippen LogP contribution in [0.15, 0.2) is 48.0 Å². The van der Waals surface area contributed by atoms with Gasteiger partial charge in [-0.15, -0.1) is 11.3 Å². The van der Waals surface area contributed by atoms with Crippen molar-refractivity contribution >= 4 is 22.2 Å². The molecule has 2 heterocycles. The summed E-state index contributed by atoms with van der Waals surface area (Å²) in [4.78, 5) is 11.1. The van der Waals surface area contributed by atoms with Crippen LogP contribution in [0, 0.1) is 6.92 Å². The van der Waals surface area contributed by atoms with E-state index in [4.69, 9.17) is 4.74 Å². The predicted molar refractivity (Wildman–Crippen MR) is 108 cm³/mol. The summed E-state index contributed by atoms with van der Waals surface area (Å²) < 4.78 is 5.76. The molecule has 0 aliphatic heterocycles. The van der Waals surface area contributed by atoms with Crippen LogP contribution in [0.25, 0.3) is 11.3 Å². The monoisotopic (exact) mass is 368 g/mol. The number of hydrogen-bond donors (Lipinski definition) is 1. The Labute approximate surface area is 158 Å². The van der Waals surface area contributed by atoms with Crippen molar-refractivity contribution in [3.8, 4) is 17.1 Å². The highest BCUT2D eigenvalue weighted by Crippen LogP contribution is 2.28. The van der Waals surface area contributed by atoms with Crippen LogP contribution in [0.1, 0.15) is 12.0 Å². The predicted octanol–water partition coefficient (Wildman–Crippen LogP) is 4.59. The molecule has 136 valence electrons. The molecule has 0 fully saturated rings. The molecule has 3 rings (SSSR count). The van der Waals surface area contributed by atoms with E-state index in [2.05, 4.69) is 53.3 Å². The Bertz CT molecular complexity index is 847. The third kappa shape index (κ3) is 5.28. The molecule has 1 aromatic carbocycles. The summed E-state index contributed by atoms with van der Waals surface area (Å²) in [5.74, 6) is 0.641. The number of benzene rings is 1. The second-order valence-electron chi connectivity index (χ2n) is 6.42. The molecule has 2 aromatic heterocycles. The molecular formula is C20H24N4OS. The van der Waals surface area contributed by atoms with Gasteiger partial charge in [-0.25, -0.2) is 9.97 Å². The molecule has 0 atom stereocenters. The first-order valence-electron chi connectivity index (χ1n) is 8.63. The fraction of sp³-hybridized carbons (Fsp3) is 0.300. The van der Waals surface area contributed by atoms with Gasteiger partial charge >= 0.3 is 0 Å². The fourth-order valence-corrected chi connectivity index (χ4v) is 3.26. The fourth-order valence-electron chi connectivity index (χ4n) is 2.52. The highest BCUT2D eigenvalue weighted by atomic mass is 32.1. The van der Waals surface area contributed by atoms with E-state index in [1.165, 1.54) is 5.56 Å². The summed E-state index contributed by atoms with van der Waals surface area (Å²) in [6, 6.07) is 12.2. The topological polar surface area (TPSA) is 50.3 Å². The van der Waals surface area contributed by atoms with Gasteiger partial charge in [-0.3, -0.25) is 0 Å². The minimum Gasteiger partial charge on any atom is -0.478 e. The molecule has 1 N–H and O–H groups in total. The van der Waals surface area contributed by atoms with Crippen molar-refractivity contribution in [2.24, 2.45) is 0 Å². The van der Waals surface area contributed by atoms with E-state index >= 15 is 0 Å². The maximum absolute atomic E-state index is 5.76. The molecule has 0 aliphatic carbocycles. The Morgan fingerprint density at radius 2 is 2.08 bits per heavy atom. The molecule has 6 heteroatoms. The summed E-state index contributed by atoms with van der Waals surface area (Å²) in [6.07, 6.45) is 2.74. The summed E-state index contributed by atoms with van der Waals surface area (Å²) in [7, 11) is 4.12. The van der Waals surface area contributed by atoms with E-state index in [1.807, 2.05) is 29.6 Å². The Kier molecular flexibility index (Phi) is 6.20. The summed E-state index contributed by atoms with van der Waals surface area (Å²) >= 11 is 1.59. The van der Waals surface area contributed by atoms with Crippen LogP contribution in [0.2, 0.25) is 0 Å². The number of aryl methyl sites for hydroxylation is 1. The smallest absolute Gasteiger partial charge is 0.213 e. The van der Waals surface area contributed by atoms with Crippen LogP contribution in [0.3, 0.4) is 0 Å². The summed E-state index contributed by atoms with van der Waals surface area (Å²) in [5.41, 5.74) is 4.20. The van der Waals surface area contributed by atoms with Gasteiger partial charge in [-0.1, -0.05) is 12.1 Å². The molecule has 0 saturated heterocycles. The van der Waals surface area contributed by atoms with Crippen molar-refractivity contribution in [1.29, 1.82) is 0 Å². The number of nitrogens with one attached hydrogen (secondary N) is 1. The van der Waals surface area contributed by atoms with Gasteiger partial charge in [-0.05, 0) is 51.2 Å². The minimum atomic E-state index is 0.641. The van der Waals surface area contributed by atoms with E-state index in [0.717, 1.165) is 35.0 Å². The van der Waals surface area contributed by atoms with Crippen LogP contribution in [0.4, 0.5) is 10.8 Å². The van der Waals surface area contributed by atoms with Gasteiger partial charge in [0.1, 0.15) is 0 Å². The number of rotatable bonds is 8. The molecule has 0 saturated carbocycles. The third-order valence-corrected chi connectivity index (χ3v) is 4.56. The second kappa shape index (κ2) is 8.78. The largest absolute Gasteiger partial charge is 0.478 e. The highest BCUT2D eigenvalue weighted by Gasteiger charge is 2.07. The Morgan fingerprint density at radius 1 is 1.19 bits per heavy atom. The highest BCUT2D eigenvalue weighted by molar-refractivity contribution is 7.14. The van der Waals surface area contributed by atoms with E-state index in [9.17, 15) is 0 Å². The molecule has 5 nitrogen and oxygen atoms in total. The first-order chi connectivity index (χ1) is 12.6. The van der Waals surface area contributed by atoms with E-state index in [-0.39, 0.29) is 0 Å². The minimum absolute atomic E-state index is 0.641. The van der Waals surface area contributed by atoms with Crippen molar-refractivity contribution < 1.29 is 4.74 Å². The van der Waals surface area contributed by atoms with Gasteiger partial charge in [0.25, 0.3) is 0 Å². The van der Waals surface area contributed by atoms with E-state index < -0.39 is 0 Å². The average Bonchev–Trinajstić information content (AvgIpc) is 3.07. The van der Waals surface area contributed by atoms with Gasteiger partial charge in [0.15, 0.2) is 5.13 Å². The summed E-state index contributed by atoms with van der Waals surface area (Å²) in [5, 5.41) is 6.27.